The fourth-order valence-electron chi connectivity index (χ4n) is 5.87. The molecule has 2 N–H and O–H groups in total. The lowest BCUT2D eigenvalue weighted by molar-refractivity contribution is -0.131. The number of nitrogens with one attached hydrogen (secondary N) is 2. The largest absolute Gasteiger partial charge is 0.444 e. The summed E-state index contributed by atoms with van der Waals surface area (Å²) in [5.41, 5.74) is 0.665. The van der Waals surface area contributed by atoms with Gasteiger partial charge in [-0.3, -0.25) is 19.4 Å². The summed E-state index contributed by atoms with van der Waals surface area (Å²) in [5, 5.41) is 6.30. The Morgan fingerprint density at radius 1 is 1.02 bits per heavy atom. The summed E-state index contributed by atoms with van der Waals surface area (Å²) >= 11 is 3.30. The Kier molecular flexibility index (Phi) is 12.8. The predicted octanol–water partition coefficient (Wildman–Crippen LogP) is 5.27. The summed E-state index contributed by atoms with van der Waals surface area (Å²) in [6.07, 6.45) is 9.01. The smallest absolute Gasteiger partial charge is 0.411 e. The number of hydrogen-bond acceptors (Lipinski definition) is 7. The van der Waals surface area contributed by atoms with Crippen LogP contribution in [0.2, 0.25) is 0 Å². The number of ether oxygens (including phenoxy) is 1. The van der Waals surface area contributed by atoms with Crippen molar-refractivity contribution in [3.8, 4) is 0 Å². The summed E-state index contributed by atoms with van der Waals surface area (Å²) in [7, 11) is 0. The van der Waals surface area contributed by atoms with Crippen LogP contribution in [-0.2, 0) is 20.9 Å². The molecule has 2 atom stereocenters. The molecule has 2 heterocycles. The van der Waals surface area contributed by atoms with Crippen molar-refractivity contribution in [1.82, 2.24) is 20.4 Å². The molecule has 3 amide bonds. The molecule has 8 nitrogen and oxygen atoms in total. The topological polar surface area (TPSA) is 91.0 Å². The van der Waals surface area contributed by atoms with Crippen LogP contribution in [0, 0.1) is 5.92 Å². The third-order valence-electron chi connectivity index (χ3n) is 8.24. The lowest BCUT2D eigenvalue weighted by Gasteiger charge is -2.33. The third-order valence-corrected chi connectivity index (χ3v) is 10.5. The maximum atomic E-state index is 13.6. The van der Waals surface area contributed by atoms with Gasteiger partial charge in [0.05, 0.1) is 5.88 Å². The van der Waals surface area contributed by atoms with Crippen molar-refractivity contribution in [2.24, 2.45) is 5.92 Å². The molecular formula is C32H50N4O4S2. The summed E-state index contributed by atoms with van der Waals surface area (Å²) in [5.74, 6) is 2.73. The quantitative estimate of drug-likeness (QED) is 0.346. The summed E-state index contributed by atoms with van der Waals surface area (Å²) in [6.45, 7) is 8.24. The van der Waals surface area contributed by atoms with Gasteiger partial charge in [0, 0.05) is 37.2 Å². The third kappa shape index (κ3) is 10.7. The number of benzene rings is 1. The van der Waals surface area contributed by atoms with Crippen LogP contribution in [0.1, 0.15) is 77.7 Å². The number of likely N-dealkylation sites (tertiary alicyclic amines) is 1. The standard InChI is InChI=1S/C32H50N4O4S2/c1-32(2,3)40-31(39)36-23-42-22-28(36)30(38)34-27(21-41-20-25-13-7-4-5-8-14-25)29(37)33-26-15-17-35(18-16-26)19-24-11-9-6-10-12-24/h6,9-12,25-28H,4-5,7-8,13-23H2,1-3H3,(H,33,37)(H,34,38)/t27?,28-/m0/s1. The molecule has 2 saturated heterocycles. The molecule has 0 spiro atoms. The van der Waals surface area contributed by atoms with E-state index in [9.17, 15) is 14.4 Å². The normalized spacial score (nSPS) is 21.9. The molecule has 3 aliphatic rings. The van der Waals surface area contributed by atoms with Gasteiger partial charge in [-0.25, -0.2) is 4.79 Å². The first kappa shape index (κ1) is 33.0. The van der Waals surface area contributed by atoms with Crippen molar-refractivity contribution in [3.63, 3.8) is 0 Å². The van der Waals surface area contributed by atoms with E-state index < -0.39 is 23.8 Å². The zero-order chi connectivity index (χ0) is 30.0. The van der Waals surface area contributed by atoms with Crippen LogP contribution in [0.15, 0.2) is 30.3 Å². The molecular weight excluding hydrogens is 569 g/mol. The van der Waals surface area contributed by atoms with Gasteiger partial charge in [-0.1, -0.05) is 56.0 Å². The highest BCUT2D eigenvalue weighted by atomic mass is 32.2. The Hall–Kier alpha value is -1.91. The van der Waals surface area contributed by atoms with Gasteiger partial charge in [-0.2, -0.15) is 11.8 Å². The van der Waals surface area contributed by atoms with Gasteiger partial charge in [0.1, 0.15) is 17.7 Å². The monoisotopic (exact) mass is 618 g/mol. The number of amides is 3. The predicted molar refractivity (Wildman–Crippen MR) is 173 cm³/mol. The Balaban J connectivity index is 1.33. The van der Waals surface area contributed by atoms with Crippen molar-refractivity contribution in [1.29, 1.82) is 0 Å². The van der Waals surface area contributed by atoms with Gasteiger partial charge in [-0.15, -0.1) is 11.8 Å². The lowest BCUT2D eigenvalue weighted by atomic mass is 10.0. The van der Waals surface area contributed by atoms with Gasteiger partial charge >= 0.3 is 6.09 Å². The first-order valence-electron chi connectivity index (χ1n) is 15.7. The first-order chi connectivity index (χ1) is 20.2. The summed E-state index contributed by atoms with van der Waals surface area (Å²) in [6, 6.07) is 9.30. The van der Waals surface area contributed by atoms with Crippen LogP contribution in [-0.4, -0.2) is 87.7 Å². The average molecular weight is 619 g/mol. The average Bonchev–Trinajstić information content (AvgIpc) is 3.31. The highest BCUT2D eigenvalue weighted by molar-refractivity contribution is 7.99. The maximum Gasteiger partial charge on any atom is 0.411 e. The van der Waals surface area contributed by atoms with Crippen molar-refractivity contribution in [3.05, 3.63) is 35.9 Å². The van der Waals surface area contributed by atoms with Crippen LogP contribution < -0.4 is 10.6 Å². The molecule has 42 heavy (non-hydrogen) atoms. The van der Waals surface area contributed by atoms with Crippen LogP contribution in [0.5, 0.6) is 0 Å². The van der Waals surface area contributed by atoms with Crippen LogP contribution in [0.3, 0.4) is 0 Å². The van der Waals surface area contributed by atoms with Crippen molar-refractivity contribution in [2.75, 3.05) is 36.2 Å². The summed E-state index contributed by atoms with van der Waals surface area (Å²) < 4.78 is 5.55. The molecule has 1 aliphatic carbocycles. The first-order valence-corrected chi connectivity index (χ1v) is 18.0. The molecule has 4 rings (SSSR count). The van der Waals surface area contributed by atoms with E-state index in [4.69, 9.17) is 4.74 Å². The van der Waals surface area contributed by atoms with Crippen molar-refractivity contribution >= 4 is 41.4 Å². The van der Waals surface area contributed by atoms with E-state index in [-0.39, 0.29) is 17.9 Å². The number of nitrogens with zero attached hydrogens (tertiary/aromatic N) is 2. The maximum absolute atomic E-state index is 13.6. The van der Waals surface area contributed by atoms with Crippen LogP contribution in [0.25, 0.3) is 0 Å². The number of carbonyl (C=O) groups is 3. The second-order valence-corrected chi connectivity index (χ2v) is 15.0. The molecule has 3 fully saturated rings. The Labute approximate surface area is 260 Å². The molecule has 0 bridgehead atoms. The fourth-order valence-corrected chi connectivity index (χ4v) is 8.29. The van der Waals surface area contributed by atoms with Gasteiger partial charge < -0.3 is 15.4 Å². The molecule has 0 radical (unpaired) electrons. The molecule has 0 aromatic heterocycles. The van der Waals surface area contributed by atoms with E-state index in [0.29, 0.717) is 23.3 Å². The van der Waals surface area contributed by atoms with Crippen molar-refractivity contribution < 1.29 is 19.1 Å². The second-order valence-electron chi connectivity index (χ2n) is 13.0. The molecule has 10 heteroatoms. The fraction of sp³-hybridized carbons (Fsp3) is 0.719. The molecule has 1 unspecified atom stereocenters. The molecule has 1 saturated carbocycles. The SMILES string of the molecule is CC(C)(C)OC(=O)N1CSC[C@H]1C(=O)NC(CSCC1CCCCCC1)C(=O)NC1CCN(Cc2ccccc2)CC1. The number of thioether (sulfide) groups is 2. The number of piperidine rings is 1. The number of rotatable bonds is 10. The van der Waals surface area contributed by atoms with E-state index in [0.717, 1.165) is 38.2 Å². The van der Waals surface area contributed by atoms with E-state index in [1.807, 2.05) is 26.8 Å². The Bertz CT molecular complexity index is 1010. The molecule has 1 aromatic carbocycles. The molecule has 234 valence electrons. The van der Waals surface area contributed by atoms with E-state index in [1.54, 1.807) is 11.8 Å². The molecule has 2 aliphatic heterocycles. The minimum absolute atomic E-state index is 0.0936. The van der Waals surface area contributed by atoms with Gasteiger partial charge in [0.25, 0.3) is 0 Å². The van der Waals surface area contributed by atoms with Gasteiger partial charge in [-0.05, 0) is 63.7 Å². The summed E-state index contributed by atoms with van der Waals surface area (Å²) in [4.78, 5) is 43.8. The van der Waals surface area contributed by atoms with E-state index in [2.05, 4.69) is 39.8 Å². The minimum Gasteiger partial charge on any atom is -0.444 e. The van der Waals surface area contributed by atoms with Gasteiger partial charge in [0.2, 0.25) is 11.8 Å². The Morgan fingerprint density at radius 2 is 1.71 bits per heavy atom. The van der Waals surface area contributed by atoms with E-state index >= 15 is 0 Å². The lowest BCUT2D eigenvalue weighted by Crippen LogP contribution is -2.57. The highest BCUT2D eigenvalue weighted by Crippen LogP contribution is 2.27. The van der Waals surface area contributed by atoms with Gasteiger partial charge in [0.15, 0.2) is 0 Å². The van der Waals surface area contributed by atoms with Crippen LogP contribution in [0.4, 0.5) is 4.79 Å². The highest BCUT2D eigenvalue weighted by Gasteiger charge is 2.39. The molecule has 1 aromatic rings. The zero-order valence-corrected chi connectivity index (χ0v) is 27.3. The van der Waals surface area contributed by atoms with Crippen molar-refractivity contribution in [2.45, 2.75) is 102 Å². The Morgan fingerprint density at radius 3 is 2.38 bits per heavy atom. The van der Waals surface area contributed by atoms with Crippen LogP contribution >= 0.6 is 23.5 Å². The van der Waals surface area contributed by atoms with E-state index in [1.165, 1.54) is 60.8 Å². The number of carbonyl (C=O) groups excluding carboxylic acids is 3. The minimum atomic E-state index is -0.645. The number of hydrogen-bond donors (Lipinski definition) is 2. The second kappa shape index (κ2) is 16.2. The zero-order valence-electron chi connectivity index (χ0n) is 25.6.